The zero-order chi connectivity index (χ0) is 20.6. The summed E-state index contributed by atoms with van der Waals surface area (Å²) in [6.07, 6.45) is 1.42. The summed E-state index contributed by atoms with van der Waals surface area (Å²) < 4.78 is 26.0. The lowest BCUT2D eigenvalue weighted by molar-refractivity contribution is -0.121. The van der Waals surface area contributed by atoms with E-state index in [4.69, 9.17) is 5.14 Å². The monoisotopic (exact) mass is 406 g/mol. The number of imidazole rings is 1. The summed E-state index contributed by atoms with van der Waals surface area (Å²) in [5, 5.41) is 7.62. The second-order valence-corrected chi connectivity index (χ2v) is 7.79. The highest BCUT2D eigenvalue weighted by molar-refractivity contribution is 7.89. The molecule has 12 heteroatoms. The van der Waals surface area contributed by atoms with Gasteiger partial charge in [-0.2, -0.15) is 0 Å². The number of rotatable bonds is 5. The van der Waals surface area contributed by atoms with Gasteiger partial charge in [0, 0.05) is 20.6 Å². The number of hydrogen-bond donors (Lipinski definition) is 2. The standard InChI is InChI=1S/C16H18N6O5S/c1-20-9-19-14-13(20)15(24)22(16(25)21(14)2)8-12(23)18-7-10-3-5-11(6-4-10)28(17,26)27/h3-6,9H,7-8H2,1-2H3,(H,18,23)(H2,17,26,27). The number of aryl methyl sites for hydroxylation is 2. The first kappa shape index (κ1) is 19.5. The Morgan fingerprint density at radius 1 is 1.18 bits per heavy atom. The fraction of sp³-hybridized carbons (Fsp3) is 0.250. The van der Waals surface area contributed by atoms with Crippen LogP contribution in [0.25, 0.3) is 11.2 Å². The number of aromatic nitrogens is 4. The highest BCUT2D eigenvalue weighted by Gasteiger charge is 2.17. The predicted molar refractivity (Wildman–Crippen MR) is 99.9 cm³/mol. The fourth-order valence-electron chi connectivity index (χ4n) is 2.73. The molecule has 3 aromatic rings. The van der Waals surface area contributed by atoms with E-state index in [1.54, 1.807) is 7.05 Å². The molecule has 0 saturated heterocycles. The van der Waals surface area contributed by atoms with Gasteiger partial charge in [-0.05, 0) is 17.7 Å². The topological polar surface area (TPSA) is 151 Å². The zero-order valence-corrected chi connectivity index (χ0v) is 15.9. The molecule has 0 aliphatic rings. The van der Waals surface area contributed by atoms with Crippen LogP contribution in [0.2, 0.25) is 0 Å². The Morgan fingerprint density at radius 3 is 2.43 bits per heavy atom. The number of fused-ring (bicyclic) bond motifs is 1. The molecular formula is C16H18N6O5S. The van der Waals surface area contributed by atoms with Crippen molar-refractivity contribution < 1.29 is 13.2 Å². The van der Waals surface area contributed by atoms with Crippen molar-refractivity contribution in [2.45, 2.75) is 18.0 Å². The van der Waals surface area contributed by atoms with E-state index in [-0.39, 0.29) is 22.6 Å². The smallest absolute Gasteiger partial charge is 0.332 e. The van der Waals surface area contributed by atoms with Crippen molar-refractivity contribution in [3.63, 3.8) is 0 Å². The molecule has 2 aromatic heterocycles. The van der Waals surface area contributed by atoms with E-state index in [0.717, 1.165) is 4.57 Å². The number of carbonyl (C=O) groups excluding carboxylic acids is 1. The zero-order valence-electron chi connectivity index (χ0n) is 15.1. The predicted octanol–water partition coefficient (Wildman–Crippen LogP) is -1.60. The van der Waals surface area contributed by atoms with Crippen molar-refractivity contribution in [2.75, 3.05) is 0 Å². The van der Waals surface area contributed by atoms with Crippen LogP contribution in [0.4, 0.5) is 0 Å². The number of hydrogen-bond acceptors (Lipinski definition) is 6. The molecule has 0 atom stereocenters. The summed E-state index contributed by atoms with van der Waals surface area (Å²) >= 11 is 0. The van der Waals surface area contributed by atoms with Gasteiger partial charge in [0.1, 0.15) is 6.54 Å². The third-order valence-corrected chi connectivity index (χ3v) is 5.17. The van der Waals surface area contributed by atoms with E-state index in [0.29, 0.717) is 5.56 Å². The van der Waals surface area contributed by atoms with Crippen molar-refractivity contribution in [1.82, 2.24) is 24.0 Å². The third-order valence-electron chi connectivity index (χ3n) is 4.24. The maximum absolute atomic E-state index is 12.6. The Morgan fingerprint density at radius 2 is 1.82 bits per heavy atom. The minimum atomic E-state index is -3.79. The molecule has 1 amide bonds. The SMILES string of the molecule is Cn1cnc2c1c(=O)n(CC(=O)NCc1ccc(S(N)(=O)=O)cc1)c(=O)n2C. The molecule has 28 heavy (non-hydrogen) atoms. The highest BCUT2D eigenvalue weighted by Crippen LogP contribution is 2.08. The number of nitrogens with one attached hydrogen (secondary N) is 1. The minimum Gasteiger partial charge on any atom is -0.350 e. The lowest BCUT2D eigenvalue weighted by atomic mass is 10.2. The first-order valence-corrected chi connectivity index (χ1v) is 9.63. The van der Waals surface area contributed by atoms with Crippen LogP contribution in [0.1, 0.15) is 5.56 Å². The second kappa shape index (κ2) is 7.05. The number of benzene rings is 1. The number of sulfonamides is 1. The van der Waals surface area contributed by atoms with Crippen LogP contribution in [0.5, 0.6) is 0 Å². The molecule has 0 fully saturated rings. The summed E-state index contributed by atoms with van der Waals surface area (Å²) in [5.41, 5.74) is -0.171. The number of nitrogens with two attached hydrogens (primary N) is 1. The van der Waals surface area contributed by atoms with Crippen molar-refractivity contribution in [2.24, 2.45) is 19.2 Å². The quantitative estimate of drug-likeness (QED) is 0.521. The van der Waals surface area contributed by atoms with Crippen LogP contribution in [-0.2, 0) is 42.0 Å². The molecular weight excluding hydrogens is 388 g/mol. The van der Waals surface area contributed by atoms with Gasteiger partial charge in [0.15, 0.2) is 11.2 Å². The van der Waals surface area contributed by atoms with E-state index in [1.165, 1.54) is 46.8 Å². The Hall–Kier alpha value is -3.25. The summed E-state index contributed by atoms with van der Waals surface area (Å²) in [6.45, 7) is -0.366. The first-order chi connectivity index (χ1) is 13.1. The minimum absolute atomic E-state index is 0.0397. The average molecular weight is 406 g/mol. The summed E-state index contributed by atoms with van der Waals surface area (Å²) in [7, 11) is -0.699. The average Bonchev–Trinajstić information content (AvgIpc) is 3.03. The fourth-order valence-corrected chi connectivity index (χ4v) is 3.25. The summed E-state index contributed by atoms with van der Waals surface area (Å²) in [5.74, 6) is -0.545. The molecule has 0 aliphatic heterocycles. The van der Waals surface area contributed by atoms with E-state index in [9.17, 15) is 22.8 Å². The van der Waals surface area contributed by atoms with Crippen LogP contribution < -0.4 is 21.7 Å². The van der Waals surface area contributed by atoms with Crippen molar-refractivity contribution in [1.29, 1.82) is 0 Å². The normalized spacial score (nSPS) is 11.7. The van der Waals surface area contributed by atoms with Crippen LogP contribution in [-0.4, -0.2) is 33.0 Å². The lowest BCUT2D eigenvalue weighted by Gasteiger charge is -2.09. The van der Waals surface area contributed by atoms with Crippen LogP contribution in [0, 0.1) is 0 Å². The van der Waals surface area contributed by atoms with Gasteiger partial charge in [0.25, 0.3) is 5.56 Å². The molecule has 0 bridgehead atoms. The molecule has 0 unspecified atom stereocenters. The number of carbonyl (C=O) groups is 1. The van der Waals surface area contributed by atoms with Crippen molar-refractivity contribution in [3.05, 3.63) is 57.0 Å². The third kappa shape index (κ3) is 3.59. The van der Waals surface area contributed by atoms with Gasteiger partial charge in [-0.15, -0.1) is 0 Å². The van der Waals surface area contributed by atoms with Crippen LogP contribution in [0.15, 0.2) is 45.1 Å². The maximum Gasteiger partial charge on any atom is 0.332 e. The van der Waals surface area contributed by atoms with Gasteiger partial charge in [0.05, 0.1) is 11.2 Å². The molecule has 148 valence electrons. The molecule has 1 aromatic carbocycles. The van der Waals surface area contributed by atoms with E-state index < -0.39 is 33.7 Å². The van der Waals surface area contributed by atoms with Crippen molar-refractivity contribution in [3.8, 4) is 0 Å². The first-order valence-electron chi connectivity index (χ1n) is 8.09. The Kier molecular flexibility index (Phi) is 4.91. The van der Waals surface area contributed by atoms with E-state index in [1.807, 2.05) is 0 Å². The number of primary sulfonamides is 1. The van der Waals surface area contributed by atoms with Gasteiger partial charge in [-0.3, -0.25) is 14.2 Å². The molecule has 3 N–H and O–H groups in total. The van der Waals surface area contributed by atoms with Crippen LogP contribution in [0.3, 0.4) is 0 Å². The molecule has 0 aliphatic carbocycles. The number of nitrogens with zero attached hydrogens (tertiary/aromatic N) is 4. The van der Waals surface area contributed by atoms with Gasteiger partial charge in [-0.1, -0.05) is 12.1 Å². The van der Waals surface area contributed by atoms with Gasteiger partial charge >= 0.3 is 5.69 Å². The molecule has 3 rings (SSSR count). The Balaban J connectivity index is 1.78. The number of amides is 1. The van der Waals surface area contributed by atoms with E-state index in [2.05, 4.69) is 10.3 Å². The molecule has 2 heterocycles. The lowest BCUT2D eigenvalue weighted by Crippen LogP contribution is -2.43. The summed E-state index contributed by atoms with van der Waals surface area (Å²) in [4.78, 5) is 41.2. The Labute approximate surface area is 159 Å². The van der Waals surface area contributed by atoms with Gasteiger partial charge in [0.2, 0.25) is 15.9 Å². The van der Waals surface area contributed by atoms with E-state index >= 15 is 0 Å². The maximum atomic E-state index is 12.6. The second-order valence-electron chi connectivity index (χ2n) is 6.23. The molecule has 0 saturated carbocycles. The van der Waals surface area contributed by atoms with Crippen LogP contribution >= 0.6 is 0 Å². The molecule has 0 spiro atoms. The molecule has 0 radical (unpaired) electrons. The molecule has 11 nitrogen and oxygen atoms in total. The highest BCUT2D eigenvalue weighted by atomic mass is 32.2. The summed E-state index contributed by atoms with van der Waals surface area (Å²) in [6, 6.07) is 5.67. The largest absolute Gasteiger partial charge is 0.350 e. The van der Waals surface area contributed by atoms with Crippen molar-refractivity contribution >= 4 is 27.1 Å². The van der Waals surface area contributed by atoms with Gasteiger partial charge in [-0.25, -0.2) is 27.9 Å². The Bertz CT molecular complexity index is 1280. The van der Waals surface area contributed by atoms with Gasteiger partial charge < -0.3 is 9.88 Å².